The molecule has 0 amide bonds. The van der Waals surface area contributed by atoms with Gasteiger partial charge in [-0.15, -0.1) is 5.10 Å². The Hall–Kier alpha value is -2.88. The predicted octanol–water partition coefficient (Wildman–Crippen LogP) is 2.47. The number of H-pyrrole nitrogens is 1. The van der Waals surface area contributed by atoms with Gasteiger partial charge in [0, 0.05) is 11.3 Å². The van der Waals surface area contributed by atoms with Gasteiger partial charge < -0.3 is 10.5 Å². The third-order valence-electron chi connectivity index (χ3n) is 3.66. The van der Waals surface area contributed by atoms with Crippen molar-refractivity contribution in [1.82, 2.24) is 10.2 Å². The zero-order valence-corrected chi connectivity index (χ0v) is 11.7. The number of nitriles is 1. The summed E-state index contributed by atoms with van der Waals surface area (Å²) >= 11 is 0. The molecule has 3 N–H and O–H groups in total. The number of fused-ring (bicyclic) bond motifs is 1. The van der Waals surface area contributed by atoms with Crippen LogP contribution in [0.1, 0.15) is 29.7 Å². The number of rotatable bonds is 2. The van der Waals surface area contributed by atoms with Gasteiger partial charge in [-0.2, -0.15) is 5.26 Å². The number of allylic oxidation sites excluding steroid dienone is 1. The summed E-state index contributed by atoms with van der Waals surface area (Å²) in [5.74, 6) is -2.54. The molecule has 1 aromatic heterocycles. The topological polar surface area (TPSA) is 87.7 Å². The fourth-order valence-corrected chi connectivity index (χ4v) is 2.65. The van der Waals surface area contributed by atoms with E-state index >= 15 is 0 Å². The molecule has 0 saturated heterocycles. The first-order valence-electron chi connectivity index (χ1n) is 6.67. The van der Waals surface area contributed by atoms with Crippen molar-refractivity contribution in [1.29, 1.82) is 5.26 Å². The number of aryl methyl sites for hydroxylation is 1. The highest BCUT2D eigenvalue weighted by Crippen LogP contribution is 2.44. The number of hydrogen-bond acceptors (Lipinski definition) is 4. The van der Waals surface area contributed by atoms with E-state index < -0.39 is 17.6 Å². The Bertz CT molecular complexity index is 799. The number of aromatic amines is 1. The zero-order valence-electron chi connectivity index (χ0n) is 11.7. The summed E-state index contributed by atoms with van der Waals surface area (Å²) in [5.41, 5.74) is 6.53. The molecule has 2 heterocycles. The Labute approximate surface area is 125 Å². The van der Waals surface area contributed by atoms with E-state index in [1.165, 1.54) is 6.07 Å². The Balaban J connectivity index is 2.33. The van der Waals surface area contributed by atoms with Gasteiger partial charge in [0.05, 0.1) is 11.5 Å². The molecule has 1 aliphatic heterocycles. The van der Waals surface area contributed by atoms with E-state index in [1.807, 2.05) is 13.0 Å². The van der Waals surface area contributed by atoms with Crippen LogP contribution in [-0.4, -0.2) is 10.2 Å². The van der Waals surface area contributed by atoms with E-state index in [9.17, 15) is 14.0 Å². The zero-order chi connectivity index (χ0) is 15.9. The molecule has 2 aromatic rings. The molecule has 3 rings (SSSR count). The second-order valence-corrected chi connectivity index (χ2v) is 4.83. The lowest BCUT2D eigenvalue weighted by Crippen LogP contribution is -2.22. The smallest absolute Gasteiger partial charge is 0.244 e. The molecule has 0 aliphatic carbocycles. The van der Waals surface area contributed by atoms with Crippen molar-refractivity contribution in [3.8, 4) is 11.9 Å². The summed E-state index contributed by atoms with van der Waals surface area (Å²) in [7, 11) is 0. The summed E-state index contributed by atoms with van der Waals surface area (Å²) in [4.78, 5) is 0. The van der Waals surface area contributed by atoms with E-state index in [0.29, 0.717) is 17.7 Å². The molecule has 1 aromatic carbocycles. The Kier molecular flexibility index (Phi) is 3.29. The van der Waals surface area contributed by atoms with Gasteiger partial charge in [0.25, 0.3) is 0 Å². The molecule has 0 saturated carbocycles. The van der Waals surface area contributed by atoms with Gasteiger partial charge in [0.2, 0.25) is 11.8 Å². The van der Waals surface area contributed by atoms with E-state index in [4.69, 9.17) is 10.5 Å². The molecule has 1 aliphatic rings. The first-order chi connectivity index (χ1) is 10.6. The molecule has 7 heteroatoms. The molecule has 5 nitrogen and oxygen atoms in total. The van der Waals surface area contributed by atoms with Crippen LogP contribution in [0.15, 0.2) is 29.7 Å². The van der Waals surface area contributed by atoms with Gasteiger partial charge in [-0.05, 0) is 18.6 Å². The lowest BCUT2D eigenvalue weighted by Gasteiger charge is -2.24. The Morgan fingerprint density at radius 3 is 2.64 bits per heavy atom. The molecule has 0 spiro atoms. The van der Waals surface area contributed by atoms with Crippen LogP contribution in [0.5, 0.6) is 5.88 Å². The highest BCUT2D eigenvalue weighted by Gasteiger charge is 2.37. The van der Waals surface area contributed by atoms with Crippen molar-refractivity contribution in [2.24, 2.45) is 5.73 Å². The minimum atomic E-state index is -0.983. The Morgan fingerprint density at radius 1 is 1.36 bits per heavy atom. The number of hydrogen-bond donors (Lipinski definition) is 2. The molecule has 0 unspecified atom stereocenters. The maximum absolute atomic E-state index is 14.2. The van der Waals surface area contributed by atoms with Crippen molar-refractivity contribution in [2.75, 3.05) is 0 Å². The van der Waals surface area contributed by atoms with Crippen molar-refractivity contribution in [3.63, 3.8) is 0 Å². The van der Waals surface area contributed by atoms with Crippen LogP contribution < -0.4 is 10.5 Å². The van der Waals surface area contributed by atoms with Crippen LogP contribution in [0.2, 0.25) is 0 Å². The summed E-state index contributed by atoms with van der Waals surface area (Å²) < 4.78 is 33.7. The van der Waals surface area contributed by atoms with Gasteiger partial charge in [-0.1, -0.05) is 13.0 Å². The summed E-state index contributed by atoms with van der Waals surface area (Å²) in [6.45, 7) is 1.86. The number of nitrogens with zero attached hydrogens (tertiary/aromatic N) is 2. The highest BCUT2D eigenvalue weighted by molar-refractivity contribution is 5.55. The van der Waals surface area contributed by atoms with Gasteiger partial charge in [0.1, 0.15) is 23.3 Å². The van der Waals surface area contributed by atoms with E-state index in [0.717, 1.165) is 12.1 Å². The second-order valence-electron chi connectivity index (χ2n) is 4.83. The molecule has 22 heavy (non-hydrogen) atoms. The maximum atomic E-state index is 14.2. The number of aromatic nitrogens is 2. The highest BCUT2D eigenvalue weighted by atomic mass is 19.1. The maximum Gasteiger partial charge on any atom is 0.244 e. The van der Waals surface area contributed by atoms with Crippen LogP contribution in [0.4, 0.5) is 8.78 Å². The van der Waals surface area contributed by atoms with Crippen LogP contribution in [-0.2, 0) is 6.42 Å². The third kappa shape index (κ3) is 1.92. The van der Waals surface area contributed by atoms with Crippen LogP contribution in [0, 0.1) is 23.0 Å². The number of nitrogens with one attached hydrogen (secondary N) is 1. The van der Waals surface area contributed by atoms with Gasteiger partial charge in [-0.3, -0.25) is 5.10 Å². The van der Waals surface area contributed by atoms with E-state index in [-0.39, 0.29) is 22.9 Å². The standard InChI is InChI=1S/C15H12F2N4O/c1-2-10-13-11(12-8(16)4-3-5-9(12)17)7(6-18)14(19)22-15(13)21-20-10/h3-5,11H,2,19H2,1H3,(H,20,21)/t11-/m1/s1. The average molecular weight is 302 g/mol. The van der Waals surface area contributed by atoms with Crippen molar-refractivity contribution in [2.45, 2.75) is 19.3 Å². The van der Waals surface area contributed by atoms with Crippen LogP contribution >= 0.6 is 0 Å². The van der Waals surface area contributed by atoms with Gasteiger partial charge in [0.15, 0.2) is 0 Å². The lowest BCUT2D eigenvalue weighted by molar-refractivity contribution is 0.376. The number of benzene rings is 1. The predicted molar refractivity (Wildman–Crippen MR) is 73.6 cm³/mol. The minimum Gasteiger partial charge on any atom is -0.420 e. The first kappa shape index (κ1) is 14.1. The molecular weight excluding hydrogens is 290 g/mol. The summed E-state index contributed by atoms with van der Waals surface area (Å²) in [6, 6.07) is 5.45. The van der Waals surface area contributed by atoms with Gasteiger partial charge >= 0.3 is 0 Å². The van der Waals surface area contributed by atoms with E-state index in [1.54, 1.807) is 0 Å². The fourth-order valence-electron chi connectivity index (χ4n) is 2.65. The van der Waals surface area contributed by atoms with Crippen molar-refractivity contribution >= 4 is 0 Å². The number of nitrogens with two attached hydrogens (primary N) is 1. The molecule has 1 atom stereocenters. The van der Waals surface area contributed by atoms with Crippen LogP contribution in [0.3, 0.4) is 0 Å². The Morgan fingerprint density at radius 2 is 2.05 bits per heavy atom. The normalized spacial score (nSPS) is 16.9. The third-order valence-corrected chi connectivity index (χ3v) is 3.66. The minimum absolute atomic E-state index is 0.0346. The SMILES string of the molecule is CCc1[nH]nc2c1[C@@H](c1c(F)cccc1F)C(C#N)=C(N)O2. The summed E-state index contributed by atoms with van der Waals surface area (Å²) in [5, 5.41) is 16.1. The molecule has 0 bridgehead atoms. The molecular formula is C15H12F2N4O. The molecule has 0 radical (unpaired) electrons. The van der Waals surface area contributed by atoms with Crippen molar-refractivity contribution in [3.05, 3.63) is 58.1 Å². The molecule has 112 valence electrons. The van der Waals surface area contributed by atoms with Gasteiger partial charge in [-0.25, -0.2) is 8.78 Å². The fraction of sp³-hybridized carbons (Fsp3) is 0.200. The number of halogens is 2. The first-order valence-corrected chi connectivity index (χ1v) is 6.67. The number of ether oxygens (including phenoxy) is 1. The second kappa shape index (κ2) is 5.15. The average Bonchev–Trinajstić information content (AvgIpc) is 2.89. The summed E-state index contributed by atoms with van der Waals surface area (Å²) in [6.07, 6.45) is 0.539. The monoisotopic (exact) mass is 302 g/mol. The largest absolute Gasteiger partial charge is 0.420 e. The van der Waals surface area contributed by atoms with Crippen molar-refractivity contribution < 1.29 is 13.5 Å². The van der Waals surface area contributed by atoms with Crippen LogP contribution in [0.25, 0.3) is 0 Å². The lowest BCUT2D eigenvalue weighted by atomic mass is 9.83. The quantitative estimate of drug-likeness (QED) is 0.892. The van der Waals surface area contributed by atoms with E-state index in [2.05, 4.69) is 10.2 Å². The molecule has 0 fully saturated rings.